The highest BCUT2D eigenvalue weighted by molar-refractivity contribution is 5.85. The first-order valence-electron chi connectivity index (χ1n) is 6.69. The second-order valence-electron chi connectivity index (χ2n) is 6.16. The van der Waals surface area contributed by atoms with Gasteiger partial charge in [0.1, 0.15) is 0 Å². The fourth-order valence-electron chi connectivity index (χ4n) is 3.77. The Kier molecular flexibility index (Phi) is 3.69. The Balaban J connectivity index is 0.00000108. The number of likely N-dealkylation sites (tertiary alicyclic amines) is 1. The number of nitrogens with zero attached hydrogens (tertiary/aromatic N) is 1. The van der Waals surface area contributed by atoms with Crippen LogP contribution >= 0.6 is 12.4 Å². The van der Waals surface area contributed by atoms with Gasteiger partial charge in [0.15, 0.2) is 0 Å². The van der Waals surface area contributed by atoms with Gasteiger partial charge in [0.2, 0.25) is 5.91 Å². The summed E-state index contributed by atoms with van der Waals surface area (Å²) in [5.74, 6) is 1.90. The molecule has 3 nitrogen and oxygen atoms in total. The van der Waals surface area contributed by atoms with Crippen LogP contribution in [0.25, 0.3) is 0 Å². The molecule has 1 amide bonds. The van der Waals surface area contributed by atoms with Gasteiger partial charge in [-0.05, 0) is 24.7 Å². The van der Waals surface area contributed by atoms with E-state index in [9.17, 15) is 4.79 Å². The average molecular weight is 259 g/mol. The Morgan fingerprint density at radius 1 is 1.18 bits per heavy atom. The van der Waals surface area contributed by atoms with Crippen LogP contribution in [-0.2, 0) is 4.79 Å². The lowest BCUT2D eigenvalue weighted by molar-refractivity contribution is -0.140. The minimum absolute atomic E-state index is 0. The molecule has 0 spiro atoms. The molecular formula is C13H23ClN2O. The van der Waals surface area contributed by atoms with E-state index in [4.69, 9.17) is 0 Å². The lowest BCUT2D eigenvalue weighted by Gasteiger charge is -2.29. The van der Waals surface area contributed by atoms with E-state index in [1.807, 2.05) is 0 Å². The van der Waals surface area contributed by atoms with Crippen LogP contribution in [-0.4, -0.2) is 37.0 Å². The van der Waals surface area contributed by atoms with E-state index in [0.717, 1.165) is 50.9 Å². The SMILES string of the molecule is CC1(C(=O)N2C[C@H]3CNC[C@H]3C2)CCCC1.Cl. The average Bonchev–Trinajstić information content (AvgIpc) is 2.90. The van der Waals surface area contributed by atoms with Gasteiger partial charge in [0, 0.05) is 31.6 Å². The van der Waals surface area contributed by atoms with Gasteiger partial charge in [-0.25, -0.2) is 0 Å². The number of amides is 1. The molecule has 98 valence electrons. The maximum Gasteiger partial charge on any atom is 0.228 e. The number of rotatable bonds is 1. The van der Waals surface area contributed by atoms with Gasteiger partial charge in [-0.2, -0.15) is 0 Å². The molecule has 2 atom stereocenters. The summed E-state index contributed by atoms with van der Waals surface area (Å²) < 4.78 is 0. The third-order valence-electron chi connectivity index (χ3n) is 4.90. The molecule has 0 aromatic heterocycles. The third kappa shape index (κ3) is 2.19. The molecule has 4 heteroatoms. The van der Waals surface area contributed by atoms with Crippen LogP contribution in [0.5, 0.6) is 0 Å². The molecule has 2 aliphatic heterocycles. The summed E-state index contributed by atoms with van der Waals surface area (Å²) in [6, 6.07) is 0. The van der Waals surface area contributed by atoms with E-state index >= 15 is 0 Å². The van der Waals surface area contributed by atoms with Gasteiger partial charge in [0.05, 0.1) is 0 Å². The lowest BCUT2D eigenvalue weighted by Crippen LogP contribution is -2.41. The lowest BCUT2D eigenvalue weighted by atomic mass is 9.87. The Morgan fingerprint density at radius 3 is 2.24 bits per heavy atom. The summed E-state index contributed by atoms with van der Waals surface area (Å²) in [6.07, 6.45) is 4.70. The van der Waals surface area contributed by atoms with Gasteiger partial charge in [-0.3, -0.25) is 4.79 Å². The molecule has 3 aliphatic rings. The van der Waals surface area contributed by atoms with E-state index < -0.39 is 0 Å². The van der Waals surface area contributed by atoms with Crippen LogP contribution in [0.15, 0.2) is 0 Å². The van der Waals surface area contributed by atoms with Crippen LogP contribution < -0.4 is 5.32 Å². The maximum absolute atomic E-state index is 12.5. The van der Waals surface area contributed by atoms with Crippen LogP contribution in [0.4, 0.5) is 0 Å². The Morgan fingerprint density at radius 2 is 1.71 bits per heavy atom. The largest absolute Gasteiger partial charge is 0.342 e. The minimum Gasteiger partial charge on any atom is -0.342 e. The zero-order valence-corrected chi connectivity index (χ0v) is 11.4. The highest BCUT2D eigenvalue weighted by Crippen LogP contribution is 2.40. The number of hydrogen-bond donors (Lipinski definition) is 1. The van der Waals surface area contributed by atoms with Gasteiger partial charge in [-0.15, -0.1) is 12.4 Å². The van der Waals surface area contributed by atoms with E-state index in [0.29, 0.717) is 5.91 Å². The maximum atomic E-state index is 12.5. The highest BCUT2D eigenvalue weighted by Gasteiger charge is 2.44. The quantitative estimate of drug-likeness (QED) is 0.776. The number of fused-ring (bicyclic) bond motifs is 1. The zero-order chi connectivity index (χ0) is 11.2. The summed E-state index contributed by atoms with van der Waals surface area (Å²) in [5.41, 5.74) is -0.0218. The van der Waals surface area contributed by atoms with E-state index in [-0.39, 0.29) is 17.8 Å². The predicted octanol–water partition coefficient (Wildman–Crippen LogP) is 1.67. The monoisotopic (exact) mass is 258 g/mol. The predicted molar refractivity (Wildman–Crippen MR) is 70.3 cm³/mol. The van der Waals surface area contributed by atoms with Crippen LogP contribution in [0.2, 0.25) is 0 Å². The molecule has 1 N–H and O–H groups in total. The van der Waals surface area contributed by atoms with Crippen molar-refractivity contribution in [2.45, 2.75) is 32.6 Å². The molecule has 0 aromatic carbocycles. The van der Waals surface area contributed by atoms with E-state index in [1.54, 1.807) is 0 Å². The Labute approximate surface area is 110 Å². The zero-order valence-electron chi connectivity index (χ0n) is 10.6. The van der Waals surface area contributed by atoms with Crippen LogP contribution in [0, 0.1) is 17.3 Å². The second kappa shape index (κ2) is 4.77. The van der Waals surface area contributed by atoms with Crippen molar-refractivity contribution < 1.29 is 4.79 Å². The van der Waals surface area contributed by atoms with Crippen LogP contribution in [0.1, 0.15) is 32.6 Å². The first-order chi connectivity index (χ1) is 7.69. The molecule has 3 fully saturated rings. The summed E-state index contributed by atoms with van der Waals surface area (Å²) in [7, 11) is 0. The van der Waals surface area contributed by atoms with Gasteiger partial charge >= 0.3 is 0 Å². The minimum atomic E-state index is -0.0218. The number of nitrogens with one attached hydrogen (secondary N) is 1. The normalized spacial score (nSPS) is 34.5. The van der Waals surface area contributed by atoms with Crippen molar-refractivity contribution in [3.05, 3.63) is 0 Å². The number of carbonyl (C=O) groups is 1. The molecule has 0 unspecified atom stereocenters. The van der Waals surface area contributed by atoms with Crippen molar-refractivity contribution in [2.24, 2.45) is 17.3 Å². The molecular weight excluding hydrogens is 236 g/mol. The Hall–Kier alpha value is -0.280. The molecule has 0 radical (unpaired) electrons. The van der Waals surface area contributed by atoms with Crippen molar-refractivity contribution in [3.8, 4) is 0 Å². The summed E-state index contributed by atoms with van der Waals surface area (Å²) >= 11 is 0. The van der Waals surface area contributed by atoms with Crippen LogP contribution in [0.3, 0.4) is 0 Å². The molecule has 1 saturated carbocycles. The number of halogens is 1. The van der Waals surface area contributed by atoms with Gasteiger partial charge < -0.3 is 10.2 Å². The fraction of sp³-hybridized carbons (Fsp3) is 0.923. The summed E-state index contributed by atoms with van der Waals surface area (Å²) in [4.78, 5) is 14.7. The standard InChI is InChI=1S/C13H22N2O.ClH/c1-13(4-2-3-5-13)12(16)15-8-10-6-14-7-11(10)9-15;/h10-11,14H,2-9H2,1H3;1H/t10-,11+;. The van der Waals surface area contributed by atoms with Crippen molar-refractivity contribution in [1.29, 1.82) is 0 Å². The first-order valence-corrected chi connectivity index (χ1v) is 6.69. The van der Waals surface area contributed by atoms with Crippen molar-refractivity contribution >= 4 is 18.3 Å². The van der Waals surface area contributed by atoms with Gasteiger partial charge in [0.25, 0.3) is 0 Å². The molecule has 2 saturated heterocycles. The van der Waals surface area contributed by atoms with Gasteiger partial charge in [-0.1, -0.05) is 19.8 Å². The molecule has 2 heterocycles. The molecule has 1 aliphatic carbocycles. The van der Waals surface area contributed by atoms with Crippen molar-refractivity contribution in [3.63, 3.8) is 0 Å². The number of carbonyl (C=O) groups excluding carboxylic acids is 1. The number of hydrogen-bond acceptors (Lipinski definition) is 2. The summed E-state index contributed by atoms with van der Waals surface area (Å²) in [5, 5.41) is 3.42. The van der Waals surface area contributed by atoms with E-state index in [2.05, 4.69) is 17.1 Å². The first kappa shape index (κ1) is 13.2. The van der Waals surface area contributed by atoms with Crippen molar-refractivity contribution in [1.82, 2.24) is 10.2 Å². The smallest absolute Gasteiger partial charge is 0.228 e. The molecule has 3 rings (SSSR count). The molecule has 0 aromatic rings. The van der Waals surface area contributed by atoms with Crippen molar-refractivity contribution in [2.75, 3.05) is 26.2 Å². The fourth-order valence-corrected chi connectivity index (χ4v) is 3.77. The third-order valence-corrected chi connectivity index (χ3v) is 4.90. The molecule has 0 bridgehead atoms. The Bertz CT molecular complexity index is 290. The highest BCUT2D eigenvalue weighted by atomic mass is 35.5. The summed E-state index contributed by atoms with van der Waals surface area (Å²) in [6.45, 7) is 6.42. The molecule has 17 heavy (non-hydrogen) atoms. The topological polar surface area (TPSA) is 32.3 Å². The second-order valence-corrected chi connectivity index (χ2v) is 6.16. The van der Waals surface area contributed by atoms with E-state index in [1.165, 1.54) is 12.8 Å².